The van der Waals surface area contributed by atoms with Crippen molar-refractivity contribution in [1.29, 1.82) is 0 Å². The van der Waals surface area contributed by atoms with Crippen LogP contribution in [0.15, 0.2) is 16.7 Å². The second-order valence-corrected chi connectivity index (χ2v) is 7.04. The first-order valence-electron chi connectivity index (χ1n) is 6.90. The van der Waals surface area contributed by atoms with Gasteiger partial charge in [0.05, 0.1) is 0 Å². The lowest BCUT2D eigenvalue weighted by Crippen LogP contribution is -2.37. The van der Waals surface area contributed by atoms with Crippen LogP contribution in [0.5, 0.6) is 0 Å². The van der Waals surface area contributed by atoms with Crippen molar-refractivity contribution in [2.24, 2.45) is 0 Å². The molecule has 4 heteroatoms. The molecule has 0 aliphatic rings. The molecule has 3 nitrogen and oxygen atoms in total. The highest BCUT2D eigenvalue weighted by molar-refractivity contribution is 9.10. The van der Waals surface area contributed by atoms with E-state index in [4.69, 9.17) is 0 Å². The van der Waals surface area contributed by atoms with Gasteiger partial charge >= 0.3 is 0 Å². The van der Waals surface area contributed by atoms with Crippen molar-refractivity contribution in [2.75, 3.05) is 11.4 Å². The molecule has 0 saturated carbocycles. The van der Waals surface area contributed by atoms with Gasteiger partial charge in [0.15, 0.2) is 0 Å². The summed E-state index contributed by atoms with van der Waals surface area (Å²) in [7, 11) is 0. The van der Waals surface area contributed by atoms with Crippen LogP contribution in [0.25, 0.3) is 0 Å². The maximum atomic E-state index is 4.61. The SMILES string of the molecule is CCN(c1ncc(Br)cc1CNC(C)(C)C)C(C)C. The van der Waals surface area contributed by atoms with E-state index in [9.17, 15) is 0 Å². The van der Waals surface area contributed by atoms with Crippen molar-refractivity contribution in [2.45, 2.75) is 59.7 Å². The van der Waals surface area contributed by atoms with E-state index in [-0.39, 0.29) is 5.54 Å². The van der Waals surface area contributed by atoms with Gasteiger partial charge in [-0.3, -0.25) is 0 Å². The Hall–Kier alpha value is -0.610. The molecule has 1 aromatic heterocycles. The number of nitrogens with zero attached hydrogens (tertiary/aromatic N) is 2. The van der Waals surface area contributed by atoms with Gasteiger partial charge in [-0.2, -0.15) is 0 Å². The predicted octanol–water partition coefficient (Wildman–Crippen LogP) is 3.97. The molecule has 1 rings (SSSR count). The standard InChI is InChI=1S/C15H26BrN3/c1-7-19(11(2)3)14-12(8-13(16)10-17-14)9-18-15(4,5)6/h8,10-11,18H,7,9H2,1-6H3. The maximum absolute atomic E-state index is 4.61. The molecule has 0 bridgehead atoms. The van der Waals surface area contributed by atoms with E-state index in [0.29, 0.717) is 6.04 Å². The Morgan fingerprint density at radius 1 is 1.37 bits per heavy atom. The number of anilines is 1. The fraction of sp³-hybridized carbons (Fsp3) is 0.667. The highest BCUT2D eigenvalue weighted by Crippen LogP contribution is 2.23. The number of hydrogen-bond donors (Lipinski definition) is 1. The van der Waals surface area contributed by atoms with Crippen molar-refractivity contribution >= 4 is 21.7 Å². The van der Waals surface area contributed by atoms with Crippen LogP contribution < -0.4 is 10.2 Å². The maximum Gasteiger partial charge on any atom is 0.133 e. The Kier molecular flexibility index (Phi) is 5.81. The van der Waals surface area contributed by atoms with Gasteiger partial charge in [-0.25, -0.2) is 4.98 Å². The molecule has 1 heterocycles. The Morgan fingerprint density at radius 2 is 2.00 bits per heavy atom. The normalized spacial score (nSPS) is 12.0. The number of halogens is 1. The molecular formula is C15H26BrN3. The van der Waals surface area contributed by atoms with Gasteiger partial charge in [-0.1, -0.05) is 0 Å². The Morgan fingerprint density at radius 3 is 2.47 bits per heavy atom. The second kappa shape index (κ2) is 6.71. The molecule has 0 fully saturated rings. The van der Waals surface area contributed by atoms with E-state index in [1.807, 2.05) is 6.20 Å². The van der Waals surface area contributed by atoms with Gasteiger partial charge in [-0.15, -0.1) is 0 Å². The average Bonchev–Trinajstić information content (AvgIpc) is 2.28. The Bertz CT molecular complexity index is 410. The van der Waals surface area contributed by atoms with Gasteiger partial charge in [0.25, 0.3) is 0 Å². The zero-order valence-corrected chi connectivity index (χ0v) is 14.5. The van der Waals surface area contributed by atoms with E-state index < -0.39 is 0 Å². The van der Waals surface area contributed by atoms with E-state index in [0.717, 1.165) is 23.4 Å². The summed E-state index contributed by atoms with van der Waals surface area (Å²) in [6, 6.07) is 2.61. The van der Waals surface area contributed by atoms with Gasteiger partial charge < -0.3 is 10.2 Å². The molecule has 0 aliphatic heterocycles. The fourth-order valence-corrected chi connectivity index (χ4v) is 2.36. The number of hydrogen-bond acceptors (Lipinski definition) is 3. The fourth-order valence-electron chi connectivity index (χ4n) is 1.98. The predicted molar refractivity (Wildman–Crippen MR) is 86.7 cm³/mol. The molecule has 19 heavy (non-hydrogen) atoms. The molecule has 108 valence electrons. The number of aromatic nitrogens is 1. The lowest BCUT2D eigenvalue weighted by molar-refractivity contribution is 0.423. The molecular weight excluding hydrogens is 302 g/mol. The smallest absolute Gasteiger partial charge is 0.133 e. The minimum absolute atomic E-state index is 0.106. The molecule has 0 atom stereocenters. The van der Waals surface area contributed by atoms with Crippen LogP contribution in [0.1, 0.15) is 47.1 Å². The van der Waals surface area contributed by atoms with Crippen LogP contribution >= 0.6 is 15.9 Å². The number of nitrogens with one attached hydrogen (secondary N) is 1. The quantitative estimate of drug-likeness (QED) is 0.886. The summed E-state index contributed by atoms with van der Waals surface area (Å²) >= 11 is 3.52. The van der Waals surface area contributed by atoms with Crippen LogP contribution in [0.4, 0.5) is 5.82 Å². The molecule has 0 amide bonds. The lowest BCUT2D eigenvalue weighted by atomic mass is 10.1. The number of rotatable bonds is 5. The molecule has 0 aliphatic carbocycles. The van der Waals surface area contributed by atoms with Crippen LogP contribution in [0, 0.1) is 0 Å². The summed E-state index contributed by atoms with van der Waals surface area (Å²) in [4.78, 5) is 6.94. The summed E-state index contributed by atoms with van der Waals surface area (Å²) in [5, 5.41) is 3.54. The zero-order chi connectivity index (χ0) is 14.6. The lowest BCUT2D eigenvalue weighted by Gasteiger charge is -2.29. The largest absolute Gasteiger partial charge is 0.354 e. The third-order valence-corrected chi connectivity index (χ3v) is 3.39. The monoisotopic (exact) mass is 327 g/mol. The molecule has 1 aromatic rings. The van der Waals surface area contributed by atoms with Crippen LogP contribution in [0.3, 0.4) is 0 Å². The highest BCUT2D eigenvalue weighted by atomic mass is 79.9. The average molecular weight is 328 g/mol. The van der Waals surface area contributed by atoms with Crippen LogP contribution in [0.2, 0.25) is 0 Å². The van der Waals surface area contributed by atoms with E-state index in [1.54, 1.807) is 0 Å². The van der Waals surface area contributed by atoms with Gasteiger partial charge in [0.1, 0.15) is 5.82 Å². The number of pyridine rings is 1. The highest BCUT2D eigenvalue weighted by Gasteiger charge is 2.16. The van der Waals surface area contributed by atoms with Crippen molar-refractivity contribution in [3.63, 3.8) is 0 Å². The van der Waals surface area contributed by atoms with E-state index in [1.165, 1.54) is 5.56 Å². The first-order chi connectivity index (χ1) is 8.74. The molecule has 0 radical (unpaired) electrons. The van der Waals surface area contributed by atoms with Crippen LogP contribution in [-0.2, 0) is 6.54 Å². The third-order valence-electron chi connectivity index (χ3n) is 2.95. The molecule has 1 N–H and O–H groups in total. The Labute approximate surface area is 125 Å². The topological polar surface area (TPSA) is 28.2 Å². The zero-order valence-electron chi connectivity index (χ0n) is 12.9. The van der Waals surface area contributed by atoms with Gasteiger partial charge in [-0.05, 0) is 63.5 Å². The summed E-state index contributed by atoms with van der Waals surface area (Å²) in [5.74, 6) is 1.08. The van der Waals surface area contributed by atoms with Crippen molar-refractivity contribution in [3.8, 4) is 0 Å². The summed E-state index contributed by atoms with van der Waals surface area (Å²) in [6.45, 7) is 14.9. The molecule has 0 aromatic carbocycles. The van der Waals surface area contributed by atoms with Gasteiger partial charge in [0, 0.05) is 40.9 Å². The Balaban J connectivity index is 3.03. The minimum atomic E-state index is 0.106. The first kappa shape index (κ1) is 16.4. The van der Waals surface area contributed by atoms with Crippen molar-refractivity contribution in [3.05, 3.63) is 22.3 Å². The molecule has 0 unspecified atom stereocenters. The summed E-state index contributed by atoms with van der Waals surface area (Å²) in [6.07, 6.45) is 1.88. The van der Waals surface area contributed by atoms with Crippen LogP contribution in [-0.4, -0.2) is 23.1 Å². The second-order valence-electron chi connectivity index (χ2n) is 6.12. The van der Waals surface area contributed by atoms with Crippen molar-refractivity contribution in [1.82, 2.24) is 10.3 Å². The van der Waals surface area contributed by atoms with E-state index in [2.05, 4.69) is 78.7 Å². The third kappa shape index (κ3) is 5.11. The van der Waals surface area contributed by atoms with E-state index >= 15 is 0 Å². The summed E-state index contributed by atoms with van der Waals surface area (Å²) in [5.41, 5.74) is 1.34. The van der Waals surface area contributed by atoms with Crippen molar-refractivity contribution < 1.29 is 0 Å². The van der Waals surface area contributed by atoms with Gasteiger partial charge in [0.2, 0.25) is 0 Å². The minimum Gasteiger partial charge on any atom is -0.354 e. The molecule has 0 spiro atoms. The molecule has 0 saturated heterocycles. The first-order valence-corrected chi connectivity index (χ1v) is 7.70. The summed E-state index contributed by atoms with van der Waals surface area (Å²) < 4.78 is 1.03.